The molecule has 0 bridgehead atoms. The molecule has 0 rings (SSSR count). The minimum absolute atomic E-state index is 0.0408. The van der Waals surface area contributed by atoms with Crippen LogP contribution in [0.3, 0.4) is 0 Å². The Morgan fingerprint density at radius 2 is 2.18 bits per heavy atom. The van der Waals surface area contributed by atoms with E-state index in [-0.39, 0.29) is 11.6 Å². The highest BCUT2D eigenvalue weighted by molar-refractivity contribution is 7.92. The van der Waals surface area contributed by atoms with Crippen molar-refractivity contribution in [2.75, 3.05) is 11.6 Å². The normalized spacial score (nSPS) is 14.4. The Balaban J connectivity index is 4.38. The standard InChI is InChI=1S/C7H13ClO2S/c1-3-7(4-2)11(9,10)6-5-8/h3,7H,1,4-6H2,2H3. The van der Waals surface area contributed by atoms with Gasteiger partial charge in [0.2, 0.25) is 0 Å². The van der Waals surface area contributed by atoms with E-state index in [1.807, 2.05) is 6.92 Å². The molecule has 0 radical (unpaired) electrons. The van der Waals surface area contributed by atoms with Gasteiger partial charge in [-0.05, 0) is 6.42 Å². The van der Waals surface area contributed by atoms with Crippen LogP contribution in [-0.4, -0.2) is 25.3 Å². The maximum absolute atomic E-state index is 11.2. The monoisotopic (exact) mass is 196 g/mol. The van der Waals surface area contributed by atoms with Crippen molar-refractivity contribution in [3.63, 3.8) is 0 Å². The highest BCUT2D eigenvalue weighted by Gasteiger charge is 2.19. The zero-order chi connectivity index (χ0) is 8.91. The van der Waals surface area contributed by atoms with E-state index >= 15 is 0 Å². The summed E-state index contributed by atoms with van der Waals surface area (Å²) < 4.78 is 22.5. The lowest BCUT2D eigenvalue weighted by Crippen LogP contribution is -2.21. The predicted molar refractivity (Wildman–Crippen MR) is 48.8 cm³/mol. The maximum atomic E-state index is 11.2. The molecule has 0 spiro atoms. The third-order valence-corrected chi connectivity index (χ3v) is 4.12. The topological polar surface area (TPSA) is 34.1 Å². The summed E-state index contributed by atoms with van der Waals surface area (Å²) in [4.78, 5) is 0. The van der Waals surface area contributed by atoms with Crippen molar-refractivity contribution in [1.29, 1.82) is 0 Å². The Bertz CT molecular complexity index is 208. The molecule has 0 heterocycles. The molecule has 4 heteroatoms. The fourth-order valence-electron chi connectivity index (χ4n) is 0.826. The first-order chi connectivity index (χ1) is 5.08. The Hall–Kier alpha value is -0.0200. The molecule has 0 aliphatic carbocycles. The SMILES string of the molecule is C=CC(CC)S(=O)(=O)CCCl. The summed E-state index contributed by atoms with van der Waals surface area (Å²) in [5.41, 5.74) is 0. The summed E-state index contributed by atoms with van der Waals surface area (Å²) in [5.74, 6) is 0.200. The molecule has 0 aliphatic heterocycles. The molecular weight excluding hydrogens is 184 g/mol. The van der Waals surface area contributed by atoms with E-state index < -0.39 is 15.1 Å². The second kappa shape index (κ2) is 4.78. The quantitative estimate of drug-likeness (QED) is 0.495. The summed E-state index contributed by atoms with van der Waals surface area (Å²) in [6.07, 6.45) is 2.03. The van der Waals surface area contributed by atoms with Crippen molar-refractivity contribution in [1.82, 2.24) is 0 Å². The summed E-state index contributed by atoms with van der Waals surface area (Å²) in [7, 11) is -3.02. The van der Waals surface area contributed by atoms with Crippen LogP contribution in [0.5, 0.6) is 0 Å². The summed E-state index contributed by atoms with van der Waals surface area (Å²) >= 11 is 5.33. The molecule has 11 heavy (non-hydrogen) atoms. The molecule has 0 aromatic carbocycles. The van der Waals surface area contributed by atoms with Gasteiger partial charge in [-0.25, -0.2) is 8.42 Å². The van der Waals surface area contributed by atoms with Gasteiger partial charge in [0.05, 0.1) is 11.0 Å². The van der Waals surface area contributed by atoms with Crippen LogP contribution in [0, 0.1) is 0 Å². The van der Waals surface area contributed by atoms with Crippen molar-refractivity contribution in [3.05, 3.63) is 12.7 Å². The Morgan fingerprint density at radius 1 is 1.64 bits per heavy atom. The fraction of sp³-hybridized carbons (Fsp3) is 0.714. The molecule has 66 valence electrons. The van der Waals surface area contributed by atoms with Gasteiger partial charge in [-0.3, -0.25) is 0 Å². The molecule has 1 unspecified atom stereocenters. The van der Waals surface area contributed by atoms with Gasteiger partial charge >= 0.3 is 0 Å². The largest absolute Gasteiger partial charge is 0.228 e. The van der Waals surface area contributed by atoms with Gasteiger partial charge in [-0.2, -0.15) is 0 Å². The molecule has 0 saturated heterocycles. The molecule has 2 nitrogen and oxygen atoms in total. The van der Waals surface area contributed by atoms with Gasteiger partial charge in [0, 0.05) is 5.88 Å². The average molecular weight is 197 g/mol. The fourth-order valence-corrected chi connectivity index (χ4v) is 2.79. The van der Waals surface area contributed by atoms with E-state index in [2.05, 4.69) is 6.58 Å². The third-order valence-electron chi connectivity index (χ3n) is 1.49. The number of halogens is 1. The summed E-state index contributed by atoms with van der Waals surface area (Å²) in [5, 5.41) is -0.429. The van der Waals surface area contributed by atoms with E-state index in [0.717, 1.165) is 0 Å². The van der Waals surface area contributed by atoms with E-state index in [1.165, 1.54) is 6.08 Å². The first-order valence-corrected chi connectivity index (χ1v) is 5.73. The Labute approximate surface area is 73.2 Å². The summed E-state index contributed by atoms with van der Waals surface area (Å²) in [6.45, 7) is 5.28. The minimum Gasteiger partial charge on any atom is -0.228 e. The lowest BCUT2D eigenvalue weighted by Gasteiger charge is -2.08. The van der Waals surface area contributed by atoms with Crippen molar-refractivity contribution in [2.24, 2.45) is 0 Å². The van der Waals surface area contributed by atoms with Crippen LogP contribution >= 0.6 is 11.6 Å². The number of rotatable bonds is 5. The second-order valence-corrected chi connectivity index (χ2v) is 4.96. The van der Waals surface area contributed by atoms with Crippen LogP contribution in [0.4, 0.5) is 0 Å². The molecule has 0 aliphatic rings. The molecule has 1 atom stereocenters. The predicted octanol–water partition coefficient (Wildman–Crippen LogP) is 1.60. The van der Waals surface area contributed by atoms with E-state index in [0.29, 0.717) is 6.42 Å². The number of hydrogen-bond donors (Lipinski definition) is 0. The average Bonchev–Trinajstić information content (AvgIpc) is 1.89. The Kier molecular flexibility index (Phi) is 4.77. The van der Waals surface area contributed by atoms with Crippen molar-refractivity contribution in [3.8, 4) is 0 Å². The highest BCUT2D eigenvalue weighted by atomic mass is 35.5. The van der Waals surface area contributed by atoms with Crippen LogP contribution in [0.15, 0.2) is 12.7 Å². The second-order valence-electron chi connectivity index (χ2n) is 2.24. The van der Waals surface area contributed by atoms with E-state index in [1.54, 1.807) is 0 Å². The van der Waals surface area contributed by atoms with Gasteiger partial charge < -0.3 is 0 Å². The van der Waals surface area contributed by atoms with Gasteiger partial charge in [0.1, 0.15) is 0 Å². The molecule has 0 amide bonds. The van der Waals surface area contributed by atoms with Crippen LogP contribution < -0.4 is 0 Å². The van der Waals surface area contributed by atoms with E-state index in [9.17, 15) is 8.42 Å². The highest BCUT2D eigenvalue weighted by Crippen LogP contribution is 2.08. The lowest BCUT2D eigenvalue weighted by molar-refractivity contribution is 0.588. The van der Waals surface area contributed by atoms with Gasteiger partial charge in [-0.1, -0.05) is 13.0 Å². The summed E-state index contributed by atoms with van der Waals surface area (Å²) in [6, 6.07) is 0. The Morgan fingerprint density at radius 3 is 2.45 bits per heavy atom. The minimum atomic E-state index is -3.02. The van der Waals surface area contributed by atoms with E-state index in [4.69, 9.17) is 11.6 Å². The maximum Gasteiger partial charge on any atom is 0.157 e. The van der Waals surface area contributed by atoms with Crippen LogP contribution in [0.25, 0.3) is 0 Å². The zero-order valence-corrected chi connectivity index (χ0v) is 8.16. The lowest BCUT2D eigenvalue weighted by atomic mass is 10.3. The molecule has 0 aromatic rings. The number of hydrogen-bond acceptors (Lipinski definition) is 2. The number of alkyl halides is 1. The first kappa shape index (κ1) is 11.0. The van der Waals surface area contributed by atoms with Crippen LogP contribution in [0.1, 0.15) is 13.3 Å². The van der Waals surface area contributed by atoms with Gasteiger partial charge in [0.25, 0.3) is 0 Å². The zero-order valence-electron chi connectivity index (χ0n) is 6.59. The molecule has 0 saturated carbocycles. The molecular formula is C7H13ClO2S. The molecule has 0 aromatic heterocycles. The smallest absolute Gasteiger partial charge is 0.157 e. The van der Waals surface area contributed by atoms with Crippen LogP contribution in [0.2, 0.25) is 0 Å². The first-order valence-electron chi connectivity index (χ1n) is 3.48. The molecule has 0 N–H and O–H groups in total. The van der Waals surface area contributed by atoms with Crippen molar-refractivity contribution >= 4 is 21.4 Å². The molecule has 0 fully saturated rings. The number of sulfone groups is 1. The van der Waals surface area contributed by atoms with Gasteiger partial charge in [-0.15, -0.1) is 18.2 Å². The third kappa shape index (κ3) is 3.25. The van der Waals surface area contributed by atoms with Crippen LogP contribution in [-0.2, 0) is 9.84 Å². The van der Waals surface area contributed by atoms with Gasteiger partial charge in [0.15, 0.2) is 9.84 Å². The van der Waals surface area contributed by atoms with Crippen molar-refractivity contribution in [2.45, 2.75) is 18.6 Å². The van der Waals surface area contributed by atoms with Crippen molar-refractivity contribution < 1.29 is 8.42 Å².